The summed E-state index contributed by atoms with van der Waals surface area (Å²) in [5.74, 6) is -4.78. The number of esters is 2. The number of thiazole rings is 1. The Morgan fingerprint density at radius 2 is 1.40 bits per heavy atom. The minimum Gasteiger partial charge on any atom is -0.462 e. The predicted molar refractivity (Wildman–Crippen MR) is 176 cm³/mol. The largest absolute Gasteiger partial charge is 0.462 e. The summed E-state index contributed by atoms with van der Waals surface area (Å²) in [5.41, 5.74) is 1.77. The molecule has 2 aliphatic heterocycles. The Bertz CT molecular complexity index is 1970. The molecule has 2 aliphatic rings. The van der Waals surface area contributed by atoms with Gasteiger partial charge < -0.3 is 14.8 Å². The van der Waals surface area contributed by atoms with Gasteiger partial charge in [-0.05, 0) is 80.1 Å². The van der Waals surface area contributed by atoms with Crippen molar-refractivity contribution in [3.8, 4) is 0 Å². The van der Waals surface area contributed by atoms with Gasteiger partial charge in [0.05, 0.1) is 41.0 Å². The first kappa shape index (κ1) is 32.8. The molecule has 3 atom stereocenters. The van der Waals surface area contributed by atoms with Crippen molar-refractivity contribution in [1.82, 2.24) is 4.57 Å². The molecule has 0 aliphatic carbocycles. The third-order valence-corrected chi connectivity index (χ3v) is 10.5. The number of nitrogens with one attached hydrogen (secondary N) is 1. The summed E-state index contributed by atoms with van der Waals surface area (Å²) in [4.78, 5) is 79.7. The molecule has 14 heteroatoms. The van der Waals surface area contributed by atoms with E-state index in [0.717, 1.165) is 28.0 Å². The number of aromatic nitrogens is 1. The van der Waals surface area contributed by atoms with Gasteiger partial charge in [0.25, 0.3) is 0 Å². The zero-order valence-corrected chi connectivity index (χ0v) is 27.3. The molecule has 246 valence electrons. The Labute approximate surface area is 281 Å². The molecule has 0 spiro atoms. The van der Waals surface area contributed by atoms with Crippen LogP contribution in [-0.4, -0.2) is 52.7 Å². The van der Waals surface area contributed by atoms with E-state index in [4.69, 9.17) is 9.47 Å². The second kappa shape index (κ2) is 13.6. The Morgan fingerprint density at radius 3 is 1.98 bits per heavy atom. The molecular weight excluding hydrogens is 662 g/mol. The van der Waals surface area contributed by atoms with Gasteiger partial charge in [0, 0.05) is 16.5 Å². The van der Waals surface area contributed by atoms with Crippen LogP contribution in [0.2, 0.25) is 0 Å². The molecule has 3 heterocycles. The summed E-state index contributed by atoms with van der Waals surface area (Å²) in [6.07, 6.45) is 0. The third kappa shape index (κ3) is 6.16. The van der Waals surface area contributed by atoms with Crippen LogP contribution in [0.1, 0.15) is 50.9 Å². The molecular formula is C34H28FN3O8S2. The fraction of sp³-hybridized carbons (Fsp3) is 0.235. The molecule has 0 saturated carbocycles. The number of hydrogen-bond acceptors (Lipinski definition) is 10. The van der Waals surface area contributed by atoms with Crippen molar-refractivity contribution in [2.24, 2.45) is 5.92 Å². The van der Waals surface area contributed by atoms with Crippen LogP contribution in [0, 0.1) is 11.7 Å². The zero-order chi connectivity index (χ0) is 34.1. The molecule has 11 nitrogen and oxygen atoms in total. The van der Waals surface area contributed by atoms with Gasteiger partial charge in [0.15, 0.2) is 0 Å². The summed E-state index contributed by atoms with van der Waals surface area (Å²) in [5, 5.41) is 2.13. The Hall–Kier alpha value is -5.08. The van der Waals surface area contributed by atoms with E-state index in [9.17, 15) is 33.2 Å². The lowest BCUT2D eigenvalue weighted by Gasteiger charge is -2.30. The van der Waals surface area contributed by atoms with E-state index < -0.39 is 57.4 Å². The molecule has 1 saturated heterocycles. The zero-order valence-electron chi connectivity index (χ0n) is 25.6. The van der Waals surface area contributed by atoms with Crippen LogP contribution in [-0.2, 0) is 30.4 Å². The lowest BCUT2D eigenvalue weighted by Crippen LogP contribution is -2.33. The van der Waals surface area contributed by atoms with Crippen molar-refractivity contribution in [2.45, 2.75) is 36.6 Å². The highest BCUT2D eigenvalue weighted by molar-refractivity contribution is 8.00. The van der Waals surface area contributed by atoms with Crippen LogP contribution < -0.4 is 15.1 Å². The number of nitrogens with zero attached hydrogens (tertiary/aromatic N) is 2. The van der Waals surface area contributed by atoms with Crippen LogP contribution in [0.25, 0.3) is 0 Å². The van der Waals surface area contributed by atoms with Gasteiger partial charge in [-0.25, -0.2) is 18.9 Å². The van der Waals surface area contributed by atoms with Gasteiger partial charge in [0.1, 0.15) is 17.6 Å². The first-order chi connectivity index (χ1) is 23.1. The van der Waals surface area contributed by atoms with E-state index in [1.165, 1.54) is 77.4 Å². The maximum Gasteiger partial charge on any atom is 0.338 e. The number of rotatable bonds is 9. The number of imide groups is 1. The number of amides is 3. The number of carbonyl (C=O) groups excluding carboxylic acids is 5. The smallest absolute Gasteiger partial charge is 0.338 e. The van der Waals surface area contributed by atoms with E-state index in [0.29, 0.717) is 26.7 Å². The number of ether oxygens (including phenoxy) is 2. The lowest BCUT2D eigenvalue weighted by atomic mass is 9.83. The highest BCUT2D eigenvalue weighted by atomic mass is 32.2. The highest BCUT2D eigenvalue weighted by Gasteiger charge is 2.56. The molecule has 3 amide bonds. The molecule has 4 aromatic rings. The van der Waals surface area contributed by atoms with Gasteiger partial charge in [0.2, 0.25) is 17.7 Å². The number of fused-ring (bicyclic) bond motifs is 2. The van der Waals surface area contributed by atoms with Gasteiger partial charge in [-0.15, -0.1) is 0 Å². The van der Waals surface area contributed by atoms with Gasteiger partial charge in [-0.1, -0.05) is 35.2 Å². The van der Waals surface area contributed by atoms with Crippen molar-refractivity contribution in [3.05, 3.63) is 110 Å². The highest BCUT2D eigenvalue weighted by Crippen LogP contribution is 2.53. The van der Waals surface area contributed by atoms with Crippen molar-refractivity contribution in [2.75, 3.05) is 23.4 Å². The Kier molecular flexibility index (Phi) is 9.29. The molecule has 0 radical (unpaired) electrons. The SMILES string of the molecule is CCOC(=O)c1ccc(NC(=O)Cn2c3c(sc2=O)[C@@H](c2ccc(F)cc2)[C@@H]2C(=O)N(c4ccc(C(=O)OCC)cc4)C(=O)[C@@H]2S3)cc1. The molecule has 6 rings (SSSR count). The average molecular weight is 690 g/mol. The van der Waals surface area contributed by atoms with E-state index >= 15 is 0 Å². The summed E-state index contributed by atoms with van der Waals surface area (Å²) < 4.78 is 25.3. The van der Waals surface area contributed by atoms with Crippen molar-refractivity contribution >= 4 is 64.1 Å². The number of hydrogen-bond donors (Lipinski definition) is 1. The fourth-order valence-electron chi connectivity index (χ4n) is 5.75. The minimum absolute atomic E-state index is 0.191. The standard InChI is InChI=1S/C34H28FN3O8S2/c1-3-45-32(42)19-7-13-22(14-8-19)36-24(39)17-37-31-28(48-34(37)44)25(18-5-11-21(35)12-6-18)26-27(47-31)30(41)38(29(26)40)23-15-9-20(10-16-23)33(43)46-4-2/h5-16,25-27H,3-4,17H2,1-2H3,(H,36,39)/t25-,26-,27+/m0/s1. The third-order valence-electron chi connectivity index (χ3n) is 7.90. The van der Waals surface area contributed by atoms with E-state index in [1.807, 2.05) is 0 Å². The minimum atomic E-state index is -0.955. The Balaban J connectivity index is 1.31. The number of halogens is 1. The first-order valence-electron chi connectivity index (χ1n) is 15.0. The molecule has 1 aromatic heterocycles. The summed E-state index contributed by atoms with van der Waals surface area (Å²) in [6.45, 7) is 3.41. The molecule has 1 N–H and O–H groups in total. The van der Waals surface area contributed by atoms with Gasteiger partial charge in [-0.2, -0.15) is 0 Å². The van der Waals surface area contributed by atoms with Crippen LogP contribution in [0.5, 0.6) is 0 Å². The van der Waals surface area contributed by atoms with Crippen LogP contribution in [0.15, 0.2) is 82.6 Å². The molecule has 0 unspecified atom stereocenters. The van der Waals surface area contributed by atoms with E-state index in [2.05, 4.69) is 5.32 Å². The molecule has 1 fully saturated rings. The quantitative estimate of drug-likeness (QED) is 0.193. The van der Waals surface area contributed by atoms with Gasteiger partial charge in [-0.3, -0.25) is 23.7 Å². The van der Waals surface area contributed by atoms with E-state index in [-0.39, 0.29) is 31.0 Å². The number of thioether (sulfide) groups is 1. The summed E-state index contributed by atoms with van der Waals surface area (Å²) in [7, 11) is 0. The predicted octanol–water partition coefficient (Wildman–Crippen LogP) is 4.84. The van der Waals surface area contributed by atoms with Crippen LogP contribution >= 0.6 is 23.1 Å². The number of benzene rings is 3. The normalized spacial score (nSPS) is 18.2. The van der Waals surface area contributed by atoms with Crippen molar-refractivity contribution < 1.29 is 37.8 Å². The molecule has 0 bridgehead atoms. The van der Waals surface area contributed by atoms with Crippen LogP contribution in [0.3, 0.4) is 0 Å². The maximum absolute atomic E-state index is 14.1. The lowest BCUT2D eigenvalue weighted by molar-refractivity contribution is -0.122. The Morgan fingerprint density at radius 1 is 0.812 bits per heavy atom. The maximum atomic E-state index is 14.1. The van der Waals surface area contributed by atoms with Gasteiger partial charge >= 0.3 is 16.8 Å². The van der Waals surface area contributed by atoms with Crippen molar-refractivity contribution in [3.63, 3.8) is 0 Å². The first-order valence-corrected chi connectivity index (χ1v) is 16.7. The molecule has 3 aromatic carbocycles. The summed E-state index contributed by atoms with van der Waals surface area (Å²) >= 11 is 1.91. The van der Waals surface area contributed by atoms with E-state index in [1.54, 1.807) is 13.8 Å². The second-order valence-electron chi connectivity index (χ2n) is 10.8. The number of anilines is 2. The molecule has 48 heavy (non-hydrogen) atoms. The number of carbonyl (C=O) groups is 5. The monoisotopic (exact) mass is 689 g/mol. The average Bonchev–Trinajstić information content (AvgIpc) is 3.52. The fourth-order valence-corrected chi connectivity index (χ4v) is 8.52. The van der Waals surface area contributed by atoms with Crippen molar-refractivity contribution in [1.29, 1.82) is 0 Å². The summed E-state index contributed by atoms with van der Waals surface area (Å²) in [6, 6.07) is 17.6. The topological polar surface area (TPSA) is 141 Å². The second-order valence-corrected chi connectivity index (χ2v) is 13.0. The van der Waals surface area contributed by atoms with Crippen LogP contribution in [0.4, 0.5) is 15.8 Å².